The van der Waals surface area contributed by atoms with Crippen molar-refractivity contribution in [1.82, 2.24) is 16.0 Å². The summed E-state index contributed by atoms with van der Waals surface area (Å²) in [5.41, 5.74) is 0.794. The molecule has 0 saturated carbocycles. The first kappa shape index (κ1) is 23.7. The van der Waals surface area contributed by atoms with E-state index in [4.69, 9.17) is 4.74 Å². The molecule has 1 amide bonds. The number of hydrogen-bond acceptors (Lipinski definition) is 5. The number of amides is 1. The Kier molecular flexibility index (Phi) is 10.2. The highest BCUT2D eigenvalue weighted by molar-refractivity contribution is 7.12. The quantitative estimate of drug-likeness (QED) is 0.249. The average molecular weight is 433 g/mol. The van der Waals surface area contributed by atoms with Gasteiger partial charge in [-0.1, -0.05) is 18.2 Å². The second-order valence-corrected chi connectivity index (χ2v) is 7.93. The molecule has 0 spiro atoms. The van der Waals surface area contributed by atoms with E-state index in [-0.39, 0.29) is 18.6 Å². The fraction of sp³-hybridized carbons (Fsp3) is 0.455. The van der Waals surface area contributed by atoms with Crippen LogP contribution in [0.3, 0.4) is 0 Å². The number of nitrogens with one attached hydrogen (secondary N) is 3. The van der Waals surface area contributed by atoms with Crippen molar-refractivity contribution in [1.29, 1.82) is 0 Å². The number of aliphatic imine (C=N–C) groups is 1. The van der Waals surface area contributed by atoms with Crippen molar-refractivity contribution in [2.45, 2.75) is 39.4 Å². The molecule has 1 unspecified atom stereocenters. The van der Waals surface area contributed by atoms with Crippen LogP contribution in [0.2, 0.25) is 0 Å². The largest absolute Gasteiger partial charge is 0.491 e. The Balaban J connectivity index is 1.75. The van der Waals surface area contributed by atoms with Crippen LogP contribution in [0.15, 0.2) is 46.8 Å². The number of carbonyl (C=O) groups excluding carboxylic acids is 1. The number of nitrogens with zero attached hydrogens (tertiary/aromatic N) is 1. The van der Waals surface area contributed by atoms with Crippen molar-refractivity contribution in [2.75, 3.05) is 26.2 Å². The summed E-state index contributed by atoms with van der Waals surface area (Å²) in [7, 11) is 0. The molecular formula is C22H32N4O3S. The first-order chi connectivity index (χ1) is 14.5. The molecule has 8 heteroatoms. The van der Waals surface area contributed by atoms with Crippen LogP contribution in [0.5, 0.6) is 5.75 Å². The third-order valence-electron chi connectivity index (χ3n) is 4.08. The van der Waals surface area contributed by atoms with Crippen molar-refractivity contribution >= 4 is 23.2 Å². The zero-order valence-corrected chi connectivity index (χ0v) is 18.7. The predicted octanol–water partition coefficient (Wildman–Crippen LogP) is 2.94. The van der Waals surface area contributed by atoms with Gasteiger partial charge in [0, 0.05) is 19.6 Å². The van der Waals surface area contributed by atoms with Gasteiger partial charge in [-0.05, 0) is 56.3 Å². The molecule has 0 radical (unpaired) electrons. The number of aliphatic hydroxyl groups excluding tert-OH is 1. The standard InChI is InChI=1S/C22H32N4O3S/c1-4-23-22(25-13-6-12-24-21(28)20-7-5-14-30-20)26-15-19(27)17-8-10-18(11-9-17)29-16(2)3/h5,7-11,14,16,19,27H,4,6,12-13,15H2,1-3H3,(H,24,28)(H2,23,25,26). The normalized spacial score (nSPS) is 12.5. The molecule has 0 aliphatic rings. The van der Waals surface area contributed by atoms with Crippen LogP contribution in [0.1, 0.15) is 48.5 Å². The minimum absolute atomic E-state index is 0.0430. The lowest BCUT2D eigenvalue weighted by molar-refractivity contribution is 0.0957. The summed E-state index contributed by atoms with van der Waals surface area (Å²) in [4.78, 5) is 17.1. The van der Waals surface area contributed by atoms with Gasteiger partial charge in [0.05, 0.1) is 23.6 Å². The Labute approximate surface area is 182 Å². The van der Waals surface area contributed by atoms with E-state index in [9.17, 15) is 9.90 Å². The van der Waals surface area contributed by atoms with Crippen molar-refractivity contribution in [3.05, 3.63) is 52.2 Å². The molecule has 164 valence electrons. The monoisotopic (exact) mass is 432 g/mol. The lowest BCUT2D eigenvalue weighted by Crippen LogP contribution is -2.39. The van der Waals surface area contributed by atoms with E-state index >= 15 is 0 Å². The maximum absolute atomic E-state index is 11.9. The molecule has 0 aliphatic carbocycles. The average Bonchev–Trinajstić information content (AvgIpc) is 3.26. The van der Waals surface area contributed by atoms with Gasteiger partial charge in [-0.25, -0.2) is 0 Å². The topological polar surface area (TPSA) is 95.0 Å². The summed E-state index contributed by atoms with van der Waals surface area (Å²) in [6, 6.07) is 11.1. The van der Waals surface area contributed by atoms with E-state index in [1.54, 1.807) is 0 Å². The van der Waals surface area contributed by atoms with Gasteiger partial charge >= 0.3 is 0 Å². The Bertz CT molecular complexity index is 776. The Morgan fingerprint density at radius 2 is 1.87 bits per heavy atom. The van der Waals surface area contributed by atoms with E-state index in [1.165, 1.54) is 11.3 Å². The summed E-state index contributed by atoms with van der Waals surface area (Å²) < 4.78 is 5.62. The fourth-order valence-electron chi connectivity index (χ4n) is 2.66. The van der Waals surface area contributed by atoms with Crippen molar-refractivity contribution < 1.29 is 14.6 Å². The first-order valence-electron chi connectivity index (χ1n) is 10.3. The van der Waals surface area contributed by atoms with Gasteiger partial charge in [-0.3, -0.25) is 9.79 Å². The van der Waals surface area contributed by atoms with Gasteiger partial charge in [0.1, 0.15) is 5.75 Å². The van der Waals surface area contributed by atoms with E-state index in [0.717, 1.165) is 29.2 Å². The molecule has 2 aromatic rings. The number of ether oxygens (including phenoxy) is 1. The van der Waals surface area contributed by atoms with Crippen LogP contribution in [-0.4, -0.2) is 49.3 Å². The molecule has 2 rings (SSSR count). The zero-order valence-electron chi connectivity index (χ0n) is 17.9. The summed E-state index contributed by atoms with van der Waals surface area (Å²) in [5.74, 6) is 1.38. The predicted molar refractivity (Wildman–Crippen MR) is 122 cm³/mol. The van der Waals surface area contributed by atoms with Gasteiger partial charge in [0.25, 0.3) is 5.91 Å². The lowest BCUT2D eigenvalue weighted by Gasteiger charge is -2.14. The van der Waals surface area contributed by atoms with E-state index in [0.29, 0.717) is 19.0 Å². The molecule has 0 fully saturated rings. The minimum atomic E-state index is -0.696. The van der Waals surface area contributed by atoms with Crippen LogP contribution >= 0.6 is 11.3 Å². The molecule has 7 nitrogen and oxygen atoms in total. The molecule has 1 aromatic heterocycles. The maximum Gasteiger partial charge on any atom is 0.261 e. The minimum Gasteiger partial charge on any atom is -0.491 e. The van der Waals surface area contributed by atoms with Gasteiger partial charge < -0.3 is 25.8 Å². The molecule has 1 aromatic carbocycles. The Morgan fingerprint density at radius 3 is 2.50 bits per heavy atom. The molecule has 1 heterocycles. The lowest BCUT2D eigenvalue weighted by atomic mass is 10.1. The molecule has 30 heavy (non-hydrogen) atoms. The highest BCUT2D eigenvalue weighted by Crippen LogP contribution is 2.19. The number of thiophene rings is 1. The third kappa shape index (κ3) is 8.42. The Hall–Kier alpha value is -2.58. The van der Waals surface area contributed by atoms with Crippen LogP contribution in [0.4, 0.5) is 0 Å². The zero-order chi connectivity index (χ0) is 21.8. The number of guanidine groups is 1. The van der Waals surface area contributed by atoms with E-state index in [1.807, 2.05) is 62.5 Å². The number of hydrogen-bond donors (Lipinski definition) is 4. The van der Waals surface area contributed by atoms with Crippen molar-refractivity contribution in [3.8, 4) is 5.75 Å². The van der Waals surface area contributed by atoms with Crippen molar-refractivity contribution in [3.63, 3.8) is 0 Å². The van der Waals surface area contributed by atoms with Crippen molar-refractivity contribution in [2.24, 2.45) is 4.99 Å². The second-order valence-electron chi connectivity index (χ2n) is 6.98. The van der Waals surface area contributed by atoms with Gasteiger partial charge in [-0.2, -0.15) is 0 Å². The molecule has 0 bridgehead atoms. The molecule has 4 N–H and O–H groups in total. The van der Waals surface area contributed by atoms with Crippen LogP contribution in [0.25, 0.3) is 0 Å². The molecule has 0 saturated heterocycles. The Morgan fingerprint density at radius 1 is 1.13 bits per heavy atom. The number of benzene rings is 1. The second kappa shape index (κ2) is 12.9. The van der Waals surface area contributed by atoms with E-state index in [2.05, 4.69) is 20.9 Å². The van der Waals surface area contributed by atoms with Crippen LogP contribution < -0.4 is 20.7 Å². The first-order valence-corrected chi connectivity index (χ1v) is 11.2. The fourth-order valence-corrected chi connectivity index (χ4v) is 3.30. The highest BCUT2D eigenvalue weighted by atomic mass is 32.1. The van der Waals surface area contributed by atoms with Crippen LogP contribution in [0, 0.1) is 0 Å². The number of aliphatic hydroxyl groups is 1. The SMILES string of the molecule is CCNC(=NCC(O)c1ccc(OC(C)C)cc1)NCCCNC(=O)c1cccs1. The smallest absolute Gasteiger partial charge is 0.261 e. The van der Waals surface area contributed by atoms with Gasteiger partial charge in [0.15, 0.2) is 5.96 Å². The summed E-state index contributed by atoms with van der Waals surface area (Å²) in [5, 5.41) is 21.6. The van der Waals surface area contributed by atoms with E-state index < -0.39 is 6.10 Å². The van der Waals surface area contributed by atoms with Gasteiger partial charge in [-0.15, -0.1) is 11.3 Å². The summed E-state index contributed by atoms with van der Waals surface area (Å²) in [6.45, 7) is 8.15. The number of rotatable bonds is 11. The molecule has 0 aliphatic heterocycles. The van der Waals surface area contributed by atoms with Crippen LogP contribution in [-0.2, 0) is 0 Å². The highest BCUT2D eigenvalue weighted by Gasteiger charge is 2.09. The maximum atomic E-state index is 11.9. The third-order valence-corrected chi connectivity index (χ3v) is 4.95. The molecular weight excluding hydrogens is 400 g/mol. The molecule has 1 atom stereocenters. The summed E-state index contributed by atoms with van der Waals surface area (Å²) in [6.07, 6.45) is 0.184. The summed E-state index contributed by atoms with van der Waals surface area (Å²) >= 11 is 1.43. The van der Waals surface area contributed by atoms with Gasteiger partial charge in [0.2, 0.25) is 0 Å². The number of carbonyl (C=O) groups is 1.